The van der Waals surface area contributed by atoms with Crippen LogP contribution in [0.2, 0.25) is 0 Å². The molecule has 0 aliphatic rings. The van der Waals surface area contributed by atoms with Crippen molar-refractivity contribution in [2.75, 3.05) is 0 Å². The van der Waals surface area contributed by atoms with Crippen LogP contribution in [0.15, 0.2) is 41.8 Å². The summed E-state index contributed by atoms with van der Waals surface area (Å²) in [6.45, 7) is 0. The van der Waals surface area contributed by atoms with Crippen LogP contribution in [-0.4, -0.2) is 15.5 Å². The SMILES string of the molecule is Cn1ccnc1SCc1cccc(C(N)=O)c1. The fourth-order valence-electron chi connectivity index (χ4n) is 1.45. The first-order valence-electron chi connectivity index (χ1n) is 5.15. The van der Waals surface area contributed by atoms with E-state index in [0.29, 0.717) is 5.56 Å². The maximum absolute atomic E-state index is 11.0. The second kappa shape index (κ2) is 5.05. The number of primary amides is 1. The lowest BCUT2D eigenvalue weighted by atomic mass is 10.1. The molecular formula is C12H13N3OS. The average molecular weight is 247 g/mol. The van der Waals surface area contributed by atoms with Gasteiger partial charge in [0.15, 0.2) is 5.16 Å². The van der Waals surface area contributed by atoms with Gasteiger partial charge in [-0.05, 0) is 17.7 Å². The smallest absolute Gasteiger partial charge is 0.248 e. The van der Waals surface area contributed by atoms with Gasteiger partial charge in [-0.3, -0.25) is 4.79 Å². The van der Waals surface area contributed by atoms with Crippen molar-refractivity contribution >= 4 is 17.7 Å². The first-order chi connectivity index (χ1) is 8.16. The first-order valence-corrected chi connectivity index (χ1v) is 6.14. The lowest BCUT2D eigenvalue weighted by molar-refractivity contribution is 0.1000. The van der Waals surface area contributed by atoms with Crippen LogP contribution in [0.3, 0.4) is 0 Å². The average Bonchev–Trinajstić information content (AvgIpc) is 2.72. The third-order valence-corrected chi connectivity index (χ3v) is 3.49. The van der Waals surface area contributed by atoms with E-state index < -0.39 is 5.91 Å². The van der Waals surface area contributed by atoms with Crippen molar-refractivity contribution in [1.82, 2.24) is 9.55 Å². The minimum atomic E-state index is -0.395. The Hall–Kier alpha value is -1.75. The molecular weight excluding hydrogens is 234 g/mol. The Kier molecular flexibility index (Phi) is 3.49. The maximum Gasteiger partial charge on any atom is 0.248 e. The molecule has 0 aliphatic carbocycles. The number of carbonyl (C=O) groups excluding carboxylic acids is 1. The monoisotopic (exact) mass is 247 g/mol. The van der Waals surface area contributed by atoms with Crippen molar-refractivity contribution in [2.24, 2.45) is 12.8 Å². The lowest BCUT2D eigenvalue weighted by Gasteiger charge is -2.03. The maximum atomic E-state index is 11.0. The summed E-state index contributed by atoms with van der Waals surface area (Å²) in [6, 6.07) is 7.35. The molecule has 0 aliphatic heterocycles. The molecule has 0 saturated carbocycles. The zero-order chi connectivity index (χ0) is 12.3. The second-order valence-corrected chi connectivity index (χ2v) is 4.62. The minimum absolute atomic E-state index is 0.395. The van der Waals surface area contributed by atoms with Crippen LogP contribution in [-0.2, 0) is 12.8 Å². The zero-order valence-electron chi connectivity index (χ0n) is 9.46. The molecule has 0 unspecified atom stereocenters. The predicted molar refractivity (Wildman–Crippen MR) is 67.7 cm³/mol. The Balaban J connectivity index is 2.07. The predicted octanol–water partition coefficient (Wildman–Crippen LogP) is 1.81. The molecule has 17 heavy (non-hydrogen) atoms. The fraction of sp³-hybridized carbons (Fsp3) is 0.167. The summed E-state index contributed by atoms with van der Waals surface area (Å²) < 4.78 is 1.96. The van der Waals surface area contributed by atoms with E-state index in [0.717, 1.165) is 16.5 Å². The van der Waals surface area contributed by atoms with Gasteiger partial charge in [-0.1, -0.05) is 23.9 Å². The Morgan fingerprint density at radius 1 is 1.53 bits per heavy atom. The number of carbonyl (C=O) groups is 1. The van der Waals surface area contributed by atoms with E-state index in [2.05, 4.69) is 4.98 Å². The van der Waals surface area contributed by atoms with Crippen molar-refractivity contribution in [3.05, 3.63) is 47.8 Å². The summed E-state index contributed by atoms with van der Waals surface area (Å²) >= 11 is 1.63. The molecule has 5 heteroatoms. The number of aryl methyl sites for hydroxylation is 1. The number of amides is 1. The zero-order valence-corrected chi connectivity index (χ0v) is 10.3. The van der Waals surface area contributed by atoms with Gasteiger partial charge in [0.1, 0.15) is 0 Å². The minimum Gasteiger partial charge on any atom is -0.366 e. The summed E-state index contributed by atoms with van der Waals surface area (Å²) in [5, 5.41) is 0.953. The van der Waals surface area contributed by atoms with Crippen molar-refractivity contribution in [2.45, 2.75) is 10.9 Å². The molecule has 2 aromatic rings. The lowest BCUT2D eigenvalue weighted by Crippen LogP contribution is -2.10. The van der Waals surface area contributed by atoms with Crippen LogP contribution in [0.1, 0.15) is 15.9 Å². The Morgan fingerprint density at radius 2 is 2.35 bits per heavy atom. The highest BCUT2D eigenvalue weighted by Crippen LogP contribution is 2.20. The summed E-state index contributed by atoms with van der Waals surface area (Å²) in [6.07, 6.45) is 3.67. The van der Waals surface area contributed by atoms with Crippen LogP contribution in [0, 0.1) is 0 Å². The van der Waals surface area contributed by atoms with Crippen molar-refractivity contribution in [3.8, 4) is 0 Å². The van der Waals surface area contributed by atoms with Gasteiger partial charge in [-0.2, -0.15) is 0 Å². The van der Waals surface area contributed by atoms with Gasteiger partial charge in [-0.15, -0.1) is 0 Å². The standard InChI is InChI=1S/C12H13N3OS/c1-15-6-5-14-12(15)17-8-9-3-2-4-10(7-9)11(13)16/h2-7H,8H2,1H3,(H2,13,16). The van der Waals surface area contributed by atoms with Gasteiger partial charge >= 0.3 is 0 Å². The van der Waals surface area contributed by atoms with Crippen molar-refractivity contribution < 1.29 is 4.79 Å². The molecule has 0 radical (unpaired) electrons. The molecule has 0 bridgehead atoms. The topological polar surface area (TPSA) is 60.9 Å². The number of nitrogens with two attached hydrogens (primary N) is 1. The van der Waals surface area contributed by atoms with Gasteiger partial charge < -0.3 is 10.3 Å². The molecule has 1 aromatic heterocycles. The fourth-order valence-corrected chi connectivity index (χ4v) is 2.33. The normalized spacial score (nSPS) is 10.4. The van der Waals surface area contributed by atoms with E-state index in [9.17, 15) is 4.79 Å². The molecule has 1 aromatic carbocycles. The highest BCUT2D eigenvalue weighted by Gasteiger charge is 2.04. The van der Waals surface area contributed by atoms with Gasteiger partial charge in [0.2, 0.25) is 5.91 Å². The summed E-state index contributed by atoms with van der Waals surface area (Å²) in [7, 11) is 1.95. The summed E-state index contributed by atoms with van der Waals surface area (Å²) in [4.78, 5) is 15.3. The van der Waals surface area contributed by atoms with E-state index in [1.807, 2.05) is 36.0 Å². The number of thioether (sulfide) groups is 1. The summed E-state index contributed by atoms with van der Waals surface area (Å²) in [5.74, 6) is 0.375. The Bertz CT molecular complexity index is 536. The molecule has 1 heterocycles. The van der Waals surface area contributed by atoms with Gasteiger partial charge in [0, 0.05) is 30.8 Å². The van der Waals surface area contributed by atoms with E-state index in [1.165, 1.54) is 0 Å². The summed E-state index contributed by atoms with van der Waals surface area (Å²) in [5.41, 5.74) is 6.84. The van der Waals surface area contributed by atoms with Crippen molar-refractivity contribution in [1.29, 1.82) is 0 Å². The van der Waals surface area contributed by atoms with Crippen LogP contribution < -0.4 is 5.73 Å². The van der Waals surface area contributed by atoms with Crippen LogP contribution in [0.5, 0.6) is 0 Å². The number of rotatable bonds is 4. The molecule has 0 spiro atoms. The number of hydrogen-bond acceptors (Lipinski definition) is 3. The number of nitrogens with zero attached hydrogens (tertiary/aromatic N) is 2. The molecule has 0 fully saturated rings. The van der Waals surface area contributed by atoms with Crippen molar-refractivity contribution in [3.63, 3.8) is 0 Å². The third-order valence-electron chi connectivity index (χ3n) is 2.36. The number of benzene rings is 1. The Labute approximate surface area is 104 Å². The highest BCUT2D eigenvalue weighted by molar-refractivity contribution is 7.98. The second-order valence-electron chi connectivity index (χ2n) is 3.67. The largest absolute Gasteiger partial charge is 0.366 e. The molecule has 2 N–H and O–H groups in total. The van der Waals surface area contributed by atoms with E-state index in [1.54, 1.807) is 24.0 Å². The van der Waals surface area contributed by atoms with E-state index in [4.69, 9.17) is 5.73 Å². The number of hydrogen-bond donors (Lipinski definition) is 1. The first kappa shape index (κ1) is 11.7. The van der Waals surface area contributed by atoms with Crippen LogP contribution in [0.25, 0.3) is 0 Å². The highest BCUT2D eigenvalue weighted by atomic mass is 32.2. The molecule has 88 valence electrons. The van der Waals surface area contributed by atoms with E-state index >= 15 is 0 Å². The molecule has 0 saturated heterocycles. The van der Waals surface area contributed by atoms with Gasteiger partial charge in [0.25, 0.3) is 0 Å². The third kappa shape index (κ3) is 2.88. The van der Waals surface area contributed by atoms with Crippen LogP contribution >= 0.6 is 11.8 Å². The molecule has 4 nitrogen and oxygen atoms in total. The quantitative estimate of drug-likeness (QED) is 0.838. The Morgan fingerprint density at radius 3 is 3.00 bits per heavy atom. The van der Waals surface area contributed by atoms with E-state index in [-0.39, 0.29) is 0 Å². The van der Waals surface area contributed by atoms with Crippen LogP contribution in [0.4, 0.5) is 0 Å². The molecule has 1 amide bonds. The van der Waals surface area contributed by atoms with Gasteiger partial charge in [0.05, 0.1) is 0 Å². The van der Waals surface area contributed by atoms with Gasteiger partial charge in [-0.25, -0.2) is 4.98 Å². The number of aromatic nitrogens is 2. The number of imidazole rings is 1. The molecule has 0 atom stereocenters. The molecule has 2 rings (SSSR count).